The summed E-state index contributed by atoms with van der Waals surface area (Å²) in [7, 11) is 0. The van der Waals surface area contributed by atoms with Crippen LogP contribution in [0.3, 0.4) is 0 Å². The molecule has 0 amide bonds. The Morgan fingerprint density at radius 2 is 1.91 bits per heavy atom. The van der Waals surface area contributed by atoms with Crippen molar-refractivity contribution in [2.24, 2.45) is 0 Å². The Morgan fingerprint density at radius 3 is 2.55 bits per heavy atom. The van der Waals surface area contributed by atoms with Gasteiger partial charge in [0.15, 0.2) is 5.76 Å². The minimum Gasteiger partial charge on any atom is -0.387 e. The number of hydrogen-bond acceptors (Lipinski definition) is 3. The van der Waals surface area contributed by atoms with E-state index in [2.05, 4.69) is 11.0 Å². The highest BCUT2D eigenvalue weighted by Gasteiger charge is 2.05. The normalized spacial score (nSPS) is 15.1. The van der Waals surface area contributed by atoms with E-state index in [0.29, 0.717) is 0 Å². The van der Waals surface area contributed by atoms with E-state index in [1.807, 2.05) is 30.3 Å². The third-order valence-electron chi connectivity index (χ3n) is 1.48. The molecule has 11 heavy (non-hydrogen) atoms. The molecule has 0 radical (unpaired) electrons. The van der Waals surface area contributed by atoms with Gasteiger partial charge in [0.2, 0.25) is 0 Å². The van der Waals surface area contributed by atoms with Crippen LogP contribution in [0.4, 0.5) is 0 Å². The minimum absolute atomic E-state index is 0.811. The van der Waals surface area contributed by atoms with Gasteiger partial charge in [-0.05, 0) is 0 Å². The maximum absolute atomic E-state index is 5.04. The summed E-state index contributed by atoms with van der Waals surface area (Å²) in [5.41, 5.74) is 6.32. The first-order valence-corrected chi connectivity index (χ1v) is 3.40. The van der Waals surface area contributed by atoms with E-state index in [0.717, 1.165) is 11.3 Å². The Hall–Kier alpha value is -1.48. The Balaban J connectivity index is 2.29. The molecule has 1 aliphatic rings. The van der Waals surface area contributed by atoms with E-state index in [9.17, 15) is 0 Å². The van der Waals surface area contributed by atoms with Crippen LogP contribution < -0.4 is 11.0 Å². The largest absolute Gasteiger partial charge is 0.387 e. The Kier molecular flexibility index (Phi) is 1.50. The molecule has 2 rings (SSSR count). The van der Waals surface area contributed by atoms with E-state index < -0.39 is 0 Å². The molecule has 0 aliphatic carbocycles. The molecule has 1 heterocycles. The lowest BCUT2D eigenvalue weighted by atomic mass is 10.2. The first-order chi connectivity index (χ1) is 5.47. The second-order valence-corrected chi connectivity index (χ2v) is 2.22. The third-order valence-corrected chi connectivity index (χ3v) is 1.48. The van der Waals surface area contributed by atoms with Gasteiger partial charge in [-0.2, -0.15) is 0 Å². The smallest absolute Gasteiger partial charge is 0.173 e. The van der Waals surface area contributed by atoms with Crippen molar-refractivity contribution in [2.75, 3.05) is 0 Å². The highest BCUT2D eigenvalue weighted by molar-refractivity contribution is 5.59. The lowest BCUT2D eigenvalue weighted by Crippen LogP contribution is -2.18. The summed E-state index contributed by atoms with van der Waals surface area (Å²) < 4.78 is 0. The number of rotatable bonds is 1. The zero-order valence-electron chi connectivity index (χ0n) is 5.87. The lowest BCUT2D eigenvalue weighted by molar-refractivity contribution is 0.157. The summed E-state index contributed by atoms with van der Waals surface area (Å²) >= 11 is 0. The van der Waals surface area contributed by atoms with Crippen LogP contribution in [0.25, 0.3) is 5.76 Å². The van der Waals surface area contributed by atoms with Gasteiger partial charge in [-0.25, -0.2) is 0 Å². The van der Waals surface area contributed by atoms with Crippen molar-refractivity contribution >= 4 is 5.76 Å². The topological polar surface area (TPSA) is 33.3 Å². The zero-order valence-corrected chi connectivity index (χ0v) is 5.87. The molecule has 56 valence electrons. The van der Waals surface area contributed by atoms with Crippen LogP contribution in [0.15, 0.2) is 36.5 Å². The van der Waals surface area contributed by atoms with Crippen LogP contribution in [0.1, 0.15) is 5.56 Å². The van der Waals surface area contributed by atoms with Gasteiger partial charge < -0.3 is 4.84 Å². The van der Waals surface area contributed by atoms with Gasteiger partial charge in [0.25, 0.3) is 0 Å². The molecular weight excluding hydrogens is 140 g/mol. The highest BCUT2D eigenvalue weighted by atomic mass is 16.7. The van der Waals surface area contributed by atoms with E-state index >= 15 is 0 Å². The lowest BCUT2D eigenvalue weighted by Gasteiger charge is -1.99. The molecule has 0 saturated heterocycles. The molecule has 0 aromatic heterocycles. The summed E-state index contributed by atoms with van der Waals surface area (Å²) in [5, 5.41) is 0. The van der Waals surface area contributed by atoms with Gasteiger partial charge in [0, 0.05) is 5.56 Å². The third kappa shape index (κ3) is 1.18. The van der Waals surface area contributed by atoms with Crippen molar-refractivity contribution in [3.05, 3.63) is 42.1 Å². The molecule has 0 atom stereocenters. The molecule has 2 N–H and O–H groups in total. The fourth-order valence-electron chi connectivity index (χ4n) is 0.954. The second kappa shape index (κ2) is 2.64. The van der Waals surface area contributed by atoms with Crippen molar-refractivity contribution in [3.8, 4) is 0 Å². The van der Waals surface area contributed by atoms with Crippen molar-refractivity contribution in [1.82, 2.24) is 11.0 Å². The van der Waals surface area contributed by atoms with E-state index in [1.54, 1.807) is 6.20 Å². The van der Waals surface area contributed by atoms with Crippen LogP contribution in [-0.2, 0) is 4.84 Å². The molecule has 0 bridgehead atoms. The number of hydrazine groups is 1. The average Bonchev–Trinajstić information content (AvgIpc) is 2.58. The second-order valence-electron chi connectivity index (χ2n) is 2.22. The minimum atomic E-state index is 0.811. The van der Waals surface area contributed by atoms with Gasteiger partial charge in [0.05, 0.1) is 6.20 Å². The standard InChI is InChI=1S/C8H8N2O/c1-2-4-7(5-3-1)8-6-9-10-11-8/h1-6,9-10H. The van der Waals surface area contributed by atoms with Crippen LogP contribution in [0, 0.1) is 0 Å². The molecule has 1 aromatic carbocycles. The van der Waals surface area contributed by atoms with Crippen LogP contribution >= 0.6 is 0 Å². The van der Waals surface area contributed by atoms with Gasteiger partial charge in [-0.15, -0.1) is 0 Å². The molecule has 0 fully saturated rings. The molecule has 1 aliphatic heterocycles. The Labute approximate surface area is 64.6 Å². The molecule has 3 nitrogen and oxygen atoms in total. The molecule has 0 saturated carbocycles. The Morgan fingerprint density at radius 1 is 1.09 bits per heavy atom. The average molecular weight is 148 g/mol. The van der Waals surface area contributed by atoms with Crippen molar-refractivity contribution < 1.29 is 4.84 Å². The quantitative estimate of drug-likeness (QED) is 0.624. The molecular formula is C8H8N2O. The summed E-state index contributed by atoms with van der Waals surface area (Å²) in [6.07, 6.45) is 1.77. The molecule has 1 aromatic rings. The van der Waals surface area contributed by atoms with E-state index in [1.165, 1.54) is 0 Å². The van der Waals surface area contributed by atoms with Crippen molar-refractivity contribution in [2.45, 2.75) is 0 Å². The molecule has 0 unspecified atom stereocenters. The molecule has 0 spiro atoms. The van der Waals surface area contributed by atoms with Gasteiger partial charge >= 0.3 is 0 Å². The Bertz CT molecular complexity index is 269. The van der Waals surface area contributed by atoms with Crippen molar-refractivity contribution in [3.63, 3.8) is 0 Å². The first-order valence-electron chi connectivity index (χ1n) is 3.40. The van der Waals surface area contributed by atoms with Crippen LogP contribution in [0.5, 0.6) is 0 Å². The summed E-state index contributed by atoms with van der Waals surface area (Å²) in [5.74, 6) is 0.811. The first kappa shape index (κ1) is 6.24. The maximum atomic E-state index is 5.04. The highest BCUT2D eigenvalue weighted by Crippen LogP contribution is 2.14. The fourth-order valence-corrected chi connectivity index (χ4v) is 0.954. The number of nitrogens with one attached hydrogen (secondary N) is 2. The van der Waals surface area contributed by atoms with E-state index in [-0.39, 0.29) is 0 Å². The van der Waals surface area contributed by atoms with Gasteiger partial charge in [-0.3, -0.25) is 5.43 Å². The zero-order chi connectivity index (χ0) is 7.52. The van der Waals surface area contributed by atoms with Crippen LogP contribution in [-0.4, -0.2) is 0 Å². The SMILES string of the molecule is C1=C(c2ccccc2)ONN1. The summed E-state index contributed by atoms with van der Waals surface area (Å²) in [6, 6.07) is 9.89. The molecule has 3 heteroatoms. The monoisotopic (exact) mass is 148 g/mol. The number of benzene rings is 1. The van der Waals surface area contributed by atoms with Crippen molar-refractivity contribution in [1.29, 1.82) is 0 Å². The summed E-state index contributed by atoms with van der Waals surface area (Å²) in [4.78, 5) is 5.04. The summed E-state index contributed by atoms with van der Waals surface area (Å²) in [6.45, 7) is 0. The number of hydrogen-bond donors (Lipinski definition) is 2. The van der Waals surface area contributed by atoms with Gasteiger partial charge in [-0.1, -0.05) is 35.9 Å². The predicted octanol–water partition coefficient (Wildman–Crippen LogP) is 1.02. The van der Waals surface area contributed by atoms with E-state index in [4.69, 9.17) is 4.84 Å². The predicted molar refractivity (Wildman–Crippen MR) is 41.8 cm³/mol. The van der Waals surface area contributed by atoms with Crippen LogP contribution in [0.2, 0.25) is 0 Å². The maximum Gasteiger partial charge on any atom is 0.173 e. The fraction of sp³-hybridized carbons (Fsp3) is 0. The van der Waals surface area contributed by atoms with Gasteiger partial charge in [0.1, 0.15) is 0 Å².